The lowest BCUT2D eigenvalue weighted by Crippen LogP contribution is -2.33. The van der Waals surface area contributed by atoms with E-state index >= 15 is 0 Å². The van der Waals surface area contributed by atoms with E-state index in [9.17, 15) is 4.79 Å². The predicted octanol–water partition coefficient (Wildman–Crippen LogP) is 1.71. The summed E-state index contributed by atoms with van der Waals surface area (Å²) in [5, 5.41) is 7.10. The number of fused-ring (bicyclic) bond motifs is 1. The highest BCUT2D eigenvalue weighted by Crippen LogP contribution is 2.31. The molecule has 0 saturated carbocycles. The number of hydrogen-bond acceptors (Lipinski definition) is 5. The molecule has 2 aromatic rings. The second-order valence-electron chi connectivity index (χ2n) is 5.80. The second kappa shape index (κ2) is 6.28. The fraction of sp³-hybridized carbons (Fsp3) is 0.438. The number of hydrogen-bond donors (Lipinski definition) is 1. The zero-order valence-electron chi connectivity index (χ0n) is 13.4. The Bertz CT molecular complexity index is 711. The Labute approximate surface area is 134 Å². The molecule has 1 atom stereocenters. The summed E-state index contributed by atoms with van der Waals surface area (Å²) in [5.41, 5.74) is 0.530. The van der Waals surface area contributed by atoms with Gasteiger partial charge in [0.05, 0.1) is 6.04 Å². The summed E-state index contributed by atoms with van der Waals surface area (Å²) in [6.45, 7) is 5.08. The van der Waals surface area contributed by atoms with Gasteiger partial charge in [0.15, 0.2) is 11.5 Å². The molecule has 122 valence electrons. The second-order valence-corrected chi connectivity index (χ2v) is 5.80. The van der Waals surface area contributed by atoms with Gasteiger partial charge in [-0.25, -0.2) is 4.98 Å². The molecule has 1 amide bonds. The van der Waals surface area contributed by atoms with E-state index in [1.807, 2.05) is 20.9 Å². The summed E-state index contributed by atoms with van der Waals surface area (Å²) in [7, 11) is 1.81. The number of amides is 1. The van der Waals surface area contributed by atoms with Gasteiger partial charge in [-0.1, -0.05) is 13.8 Å². The molecule has 0 bridgehead atoms. The van der Waals surface area contributed by atoms with Crippen LogP contribution in [0, 0.1) is 5.92 Å². The topological polar surface area (TPSA) is 78.3 Å². The Morgan fingerprint density at radius 2 is 2.00 bits per heavy atom. The van der Waals surface area contributed by atoms with Gasteiger partial charge in [0, 0.05) is 12.6 Å². The van der Waals surface area contributed by atoms with Crippen molar-refractivity contribution in [3.05, 3.63) is 35.9 Å². The number of aromatic nitrogens is 3. The first-order valence-electron chi connectivity index (χ1n) is 7.60. The van der Waals surface area contributed by atoms with Crippen molar-refractivity contribution in [1.82, 2.24) is 20.1 Å². The van der Waals surface area contributed by atoms with Crippen LogP contribution < -0.4 is 14.8 Å². The van der Waals surface area contributed by atoms with Crippen LogP contribution in [0.1, 0.15) is 36.1 Å². The van der Waals surface area contributed by atoms with Crippen LogP contribution in [0.5, 0.6) is 11.5 Å². The van der Waals surface area contributed by atoms with Gasteiger partial charge in [-0.2, -0.15) is 5.10 Å². The molecule has 1 aromatic heterocycles. The normalized spacial score (nSPS) is 14.6. The Morgan fingerprint density at radius 3 is 2.65 bits per heavy atom. The number of ether oxygens (including phenoxy) is 2. The van der Waals surface area contributed by atoms with Gasteiger partial charge >= 0.3 is 0 Å². The molecule has 3 rings (SSSR count). The summed E-state index contributed by atoms with van der Waals surface area (Å²) in [6.07, 6.45) is 1.49. The zero-order valence-corrected chi connectivity index (χ0v) is 13.4. The van der Waals surface area contributed by atoms with Crippen molar-refractivity contribution >= 4 is 5.91 Å². The van der Waals surface area contributed by atoms with Crippen LogP contribution >= 0.6 is 0 Å². The van der Waals surface area contributed by atoms with E-state index in [2.05, 4.69) is 15.4 Å². The maximum Gasteiger partial charge on any atom is 0.252 e. The number of rotatable bonds is 4. The monoisotopic (exact) mass is 316 g/mol. The van der Waals surface area contributed by atoms with Gasteiger partial charge in [-0.15, -0.1) is 0 Å². The Hall–Kier alpha value is -2.57. The maximum atomic E-state index is 12.6. The van der Waals surface area contributed by atoms with Crippen LogP contribution in [0.2, 0.25) is 0 Å². The third-order valence-corrected chi connectivity index (χ3v) is 3.78. The zero-order chi connectivity index (χ0) is 16.4. The number of aryl methyl sites for hydroxylation is 1. The van der Waals surface area contributed by atoms with Gasteiger partial charge in [-0.05, 0) is 24.1 Å². The highest BCUT2D eigenvalue weighted by atomic mass is 16.6. The standard InChI is InChI=1S/C16H20N4O3/c1-10(2)14(15-17-9-18-20(15)3)19-16(21)11-4-5-12-13(8-11)23-7-6-22-12/h4-5,8-10,14H,6-7H2,1-3H3,(H,19,21)/t14-/m0/s1. The number of carbonyl (C=O) groups is 1. The lowest BCUT2D eigenvalue weighted by Gasteiger charge is -2.22. The summed E-state index contributed by atoms with van der Waals surface area (Å²) in [4.78, 5) is 16.8. The van der Waals surface area contributed by atoms with Crippen LogP contribution in [0.4, 0.5) is 0 Å². The first-order valence-corrected chi connectivity index (χ1v) is 7.60. The van der Waals surface area contributed by atoms with E-state index in [0.29, 0.717) is 30.3 Å². The van der Waals surface area contributed by atoms with Crippen LogP contribution in [0.25, 0.3) is 0 Å². The molecule has 0 aliphatic carbocycles. The van der Waals surface area contributed by atoms with Crippen molar-refractivity contribution in [2.24, 2.45) is 13.0 Å². The average Bonchev–Trinajstić information content (AvgIpc) is 2.97. The molecule has 1 N–H and O–H groups in total. The predicted molar refractivity (Wildman–Crippen MR) is 83.5 cm³/mol. The third-order valence-electron chi connectivity index (χ3n) is 3.78. The fourth-order valence-electron chi connectivity index (χ4n) is 2.53. The molecule has 23 heavy (non-hydrogen) atoms. The average molecular weight is 316 g/mol. The molecule has 0 radical (unpaired) electrons. The molecule has 1 aliphatic rings. The van der Waals surface area contributed by atoms with E-state index < -0.39 is 0 Å². The highest BCUT2D eigenvalue weighted by Gasteiger charge is 2.24. The Morgan fingerprint density at radius 1 is 1.26 bits per heavy atom. The minimum Gasteiger partial charge on any atom is -0.486 e. The molecule has 0 saturated heterocycles. The minimum absolute atomic E-state index is 0.177. The number of carbonyl (C=O) groups excluding carboxylic acids is 1. The molecule has 0 unspecified atom stereocenters. The van der Waals surface area contributed by atoms with Gasteiger partial charge < -0.3 is 14.8 Å². The van der Waals surface area contributed by atoms with Gasteiger partial charge in [0.2, 0.25) is 0 Å². The SMILES string of the molecule is CC(C)[C@H](NC(=O)c1ccc2c(c1)OCCO2)c1ncnn1C. The van der Waals surface area contributed by atoms with Gasteiger partial charge in [-0.3, -0.25) is 9.48 Å². The molecule has 7 heteroatoms. The first kappa shape index (κ1) is 15.3. The molecular weight excluding hydrogens is 296 g/mol. The number of nitrogens with one attached hydrogen (secondary N) is 1. The van der Waals surface area contributed by atoms with Crippen LogP contribution in [-0.2, 0) is 7.05 Å². The van der Waals surface area contributed by atoms with Gasteiger partial charge in [0.25, 0.3) is 5.91 Å². The van der Waals surface area contributed by atoms with E-state index in [-0.39, 0.29) is 17.9 Å². The fourth-order valence-corrected chi connectivity index (χ4v) is 2.53. The van der Waals surface area contributed by atoms with Crippen LogP contribution in [-0.4, -0.2) is 33.9 Å². The van der Waals surface area contributed by atoms with Crippen molar-refractivity contribution in [2.45, 2.75) is 19.9 Å². The smallest absolute Gasteiger partial charge is 0.252 e. The van der Waals surface area contributed by atoms with Crippen LogP contribution in [0.15, 0.2) is 24.5 Å². The summed E-state index contributed by atoms with van der Waals surface area (Å²) < 4.78 is 12.7. The van der Waals surface area contributed by atoms with Crippen molar-refractivity contribution in [1.29, 1.82) is 0 Å². The summed E-state index contributed by atoms with van der Waals surface area (Å²) in [5.74, 6) is 2.00. The van der Waals surface area contributed by atoms with E-state index in [4.69, 9.17) is 9.47 Å². The third kappa shape index (κ3) is 3.13. The van der Waals surface area contributed by atoms with Gasteiger partial charge in [0.1, 0.15) is 25.4 Å². The molecule has 2 heterocycles. The molecule has 0 fully saturated rings. The quantitative estimate of drug-likeness (QED) is 0.929. The summed E-state index contributed by atoms with van der Waals surface area (Å²) >= 11 is 0. The lowest BCUT2D eigenvalue weighted by molar-refractivity contribution is 0.0921. The highest BCUT2D eigenvalue weighted by molar-refractivity contribution is 5.95. The van der Waals surface area contributed by atoms with E-state index in [1.165, 1.54) is 6.33 Å². The van der Waals surface area contributed by atoms with Crippen molar-refractivity contribution < 1.29 is 14.3 Å². The van der Waals surface area contributed by atoms with E-state index in [0.717, 1.165) is 5.82 Å². The molecule has 1 aromatic carbocycles. The molecule has 7 nitrogen and oxygen atoms in total. The van der Waals surface area contributed by atoms with Crippen LogP contribution in [0.3, 0.4) is 0 Å². The largest absolute Gasteiger partial charge is 0.486 e. The number of benzene rings is 1. The summed E-state index contributed by atoms with van der Waals surface area (Å²) in [6, 6.07) is 4.98. The maximum absolute atomic E-state index is 12.6. The lowest BCUT2D eigenvalue weighted by atomic mass is 10.0. The van der Waals surface area contributed by atoms with Crippen molar-refractivity contribution in [3.63, 3.8) is 0 Å². The molecule has 0 spiro atoms. The molecular formula is C16H20N4O3. The molecule has 1 aliphatic heterocycles. The Balaban J connectivity index is 1.81. The number of nitrogens with zero attached hydrogens (tertiary/aromatic N) is 3. The first-order chi connectivity index (χ1) is 11.1. The van der Waals surface area contributed by atoms with Crippen molar-refractivity contribution in [3.8, 4) is 11.5 Å². The minimum atomic E-state index is -0.219. The Kier molecular flexibility index (Phi) is 4.18. The van der Waals surface area contributed by atoms with Crippen molar-refractivity contribution in [2.75, 3.05) is 13.2 Å². The van der Waals surface area contributed by atoms with E-state index in [1.54, 1.807) is 22.9 Å².